The van der Waals surface area contributed by atoms with Gasteiger partial charge in [-0.15, -0.1) is 0 Å². The molecule has 0 saturated heterocycles. The Bertz CT molecular complexity index is 1140. The summed E-state index contributed by atoms with van der Waals surface area (Å²) in [4.78, 5) is 11.4. The second-order valence-electron chi connectivity index (χ2n) is 6.81. The molecule has 0 bridgehead atoms. The molecule has 2 aromatic carbocycles. The summed E-state index contributed by atoms with van der Waals surface area (Å²) in [5.74, 6) is 1.75. The highest BCUT2D eigenvalue weighted by Gasteiger charge is 2.16. The summed E-state index contributed by atoms with van der Waals surface area (Å²) in [7, 11) is 0. The zero-order valence-corrected chi connectivity index (χ0v) is 15.1. The Morgan fingerprint density at radius 2 is 2.08 bits per heavy atom. The molecule has 0 aliphatic carbocycles. The molecule has 4 rings (SSSR count). The highest BCUT2D eigenvalue weighted by atomic mass is 16.5. The molecule has 0 aliphatic heterocycles. The number of rotatable bonds is 4. The number of H-pyrrole nitrogens is 2. The van der Waals surface area contributed by atoms with Crippen LogP contribution in [-0.4, -0.2) is 21.1 Å². The zero-order valence-electron chi connectivity index (χ0n) is 15.1. The average Bonchev–Trinajstić information content (AvgIpc) is 3.23. The fourth-order valence-electron chi connectivity index (χ4n) is 3.36. The number of nitrogens with zero attached hydrogens (tertiary/aromatic N) is 2. The summed E-state index contributed by atoms with van der Waals surface area (Å²) >= 11 is 0. The molecule has 0 unspecified atom stereocenters. The summed E-state index contributed by atoms with van der Waals surface area (Å²) in [5.41, 5.74) is 5.75. The Morgan fingerprint density at radius 3 is 2.85 bits per heavy atom. The maximum atomic E-state index is 9.07. The Hall–Kier alpha value is -3.26. The average molecular weight is 344 g/mol. The molecule has 0 saturated carbocycles. The topological polar surface area (TPSA) is 77.5 Å². The van der Waals surface area contributed by atoms with Crippen molar-refractivity contribution in [1.29, 1.82) is 5.26 Å². The number of aromatic amines is 2. The fourth-order valence-corrected chi connectivity index (χ4v) is 3.36. The van der Waals surface area contributed by atoms with Crippen molar-refractivity contribution in [2.24, 2.45) is 0 Å². The van der Waals surface area contributed by atoms with Crippen LogP contribution >= 0.6 is 0 Å². The van der Waals surface area contributed by atoms with E-state index in [2.05, 4.69) is 40.1 Å². The molecule has 26 heavy (non-hydrogen) atoms. The van der Waals surface area contributed by atoms with Crippen LogP contribution < -0.4 is 4.74 Å². The SMILES string of the molecule is Cc1cc(OC(C)C)c(Cc2nc3cc(C#N)ccc3[nH]2)c2cc[nH]c12. The van der Waals surface area contributed by atoms with Crippen LogP contribution in [0.2, 0.25) is 0 Å². The number of aryl methyl sites for hydroxylation is 1. The molecule has 2 heterocycles. The van der Waals surface area contributed by atoms with Crippen molar-refractivity contribution in [2.75, 3.05) is 0 Å². The highest BCUT2D eigenvalue weighted by molar-refractivity contribution is 5.88. The monoisotopic (exact) mass is 344 g/mol. The number of benzene rings is 2. The van der Waals surface area contributed by atoms with Gasteiger partial charge in [0.25, 0.3) is 0 Å². The van der Waals surface area contributed by atoms with Crippen LogP contribution in [0.3, 0.4) is 0 Å². The van der Waals surface area contributed by atoms with Crippen molar-refractivity contribution >= 4 is 21.9 Å². The number of imidazole rings is 1. The minimum atomic E-state index is 0.0957. The van der Waals surface area contributed by atoms with Gasteiger partial charge in [-0.2, -0.15) is 5.26 Å². The second-order valence-corrected chi connectivity index (χ2v) is 6.81. The molecule has 0 aliphatic rings. The van der Waals surface area contributed by atoms with Crippen LogP contribution in [0.5, 0.6) is 5.75 Å². The molecule has 0 atom stereocenters. The van der Waals surface area contributed by atoms with Gasteiger partial charge in [0.1, 0.15) is 11.6 Å². The van der Waals surface area contributed by atoms with Gasteiger partial charge in [0, 0.05) is 29.1 Å². The third kappa shape index (κ3) is 2.80. The van der Waals surface area contributed by atoms with Gasteiger partial charge in [0.05, 0.1) is 28.8 Å². The normalized spacial score (nSPS) is 11.3. The number of nitriles is 1. The fraction of sp³-hybridized carbons (Fsp3) is 0.238. The molecule has 4 aromatic rings. The van der Waals surface area contributed by atoms with Gasteiger partial charge in [-0.3, -0.25) is 0 Å². The lowest BCUT2D eigenvalue weighted by atomic mass is 10.0. The number of hydrogen-bond donors (Lipinski definition) is 2. The largest absolute Gasteiger partial charge is 0.491 e. The predicted octanol–water partition coefficient (Wildman–Crippen LogP) is 4.60. The number of hydrogen-bond acceptors (Lipinski definition) is 3. The van der Waals surface area contributed by atoms with Gasteiger partial charge in [-0.25, -0.2) is 4.98 Å². The lowest BCUT2D eigenvalue weighted by molar-refractivity contribution is 0.240. The quantitative estimate of drug-likeness (QED) is 0.568. The van der Waals surface area contributed by atoms with Crippen LogP contribution in [0.4, 0.5) is 0 Å². The van der Waals surface area contributed by atoms with Gasteiger partial charge in [-0.05, 0) is 56.7 Å². The predicted molar refractivity (Wildman–Crippen MR) is 102 cm³/mol. The molecule has 5 heteroatoms. The van der Waals surface area contributed by atoms with E-state index in [9.17, 15) is 0 Å². The van der Waals surface area contributed by atoms with Crippen LogP contribution in [0.25, 0.3) is 21.9 Å². The van der Waals surface area contributed by atoms with E-state index >= 15 is 0 Å². The van der Waals surface area contributed by atoms with Crippen LogP contribution in [-0.2, 0) is 6.42 Å². The van der Waals surface area contributed by atoms with Crippen LogP contribution in [0.15, 0.2) is 36.5 Å². The third-order valence-electron chi connectivity index (χ3n) is 4.48. The first-order valence-corrected chi connectivity index (χ1v) is 8.70. The second kappa shape index (κ2) is 6.23. The van der Waals surface area contributed by atoms with Gasteiger partial charge in [-0.1, -0.05) is 0 Å². The van der Waals surface area contributed by atoms with E-state index < -0.39 is 0 Å². The lowest BCUT2D eigenvalue weighted by Gasteiger charge is -2.16. The molecule has 0 fully saturated rings. The smallest absolute Gasteiger partial charge is 0.124 e. The van der Waals surface area contributed by atoms with E-state index in [4.69, 9.17) is 10.00 Å². The summed E-state index contributed by atoms with van der Waals surface area (Å²) in [6, 6.07) is 11.8. The molecule has 0 spiro atoms. The van der Waals surface area contributed by atoms with Gasteiger partial charge in [0.15, 0.2) is 0 Å². The maximum Gasteiger partial charge on any atom is 0.124 e. The van der Waals surface area contributed by atoms with Crippen LogP contribution in [0, 0.1) is 18.3 Å². The molecular formula is C21H20N4O. The van der Waals surface area contributed by atoms with Crippen molar-refractivity contribution in [3.05, 3.63) is 59.0 Å². The summed E-state index contributed by atoms with van der Waals surface area (Å²) in [6.07, 6.45) is 2.68. The summed E-state index contributed by atoms with van der Waals surface area (Å²) in [5, 5.41) is 10.2. The minimum absolute atomic E-state index is 0.0957. The van der Waals surface area contributed by atoms with Gasteiger partial charge >= 0.3 is 0 Å². The van der Waals surface area contributed by atoms with Crippen molar-refractivity contribution in [3.63, 3.8) is 0 Å². The summed E-state index contributed by atoms with van der Waals surface area (Å²) in [6.45, 7) is 6.15. The minimum Gasteiger partial charge on any atom is -0.491 e. The maximum absolute atomic E-state index is 9.07. The van der Waals surface area contributed by atoms with E-state index in [1.807, 2.05) is 32.2 Å². The lowest BCUT2D eigenvalue weighted by Crippen LogP contribution is -2.08. The number of fused-ring (bicyclic) bond motifs is 2. The first-order valence-electron chi connectivity index (χ1n) is 8.70. The molecule has 2 N–H and O–H groups in total. The van der Waals surface area contributed by atoms with Crippen LogP contribution in [0.1, 0.15) is 36.4 Å². The Morgan fingerprint density at radius 1 is 1.23 bits per heavy atom. The van der Waals surface area contributed by atoms with Crippen molar-refractivity contribution in [1.82, 2.24) is 15.0 Å². The Kier molecular flexibility index (Phi) is 3.89. The van der Waals surface area contributed by atoms with E-state index in [0.29, 0.717) is 12.0 Å². The Labute approximate surface area is 151 Å². The molecule has 130 valence electrons. The summed E-state index contributed by atoms with van der Waals surface area (Å²) < 4.78 is 6.09. The highest BCUT2D eigenvalue weighted by Crippen LogP contribution is 2.33. The van der Waals surface area contributed by atoms with Crippen molar-refractivity contribution in [2.45, 2.75) is 33.3 Å². The van der Waals surface area contributed by atoms with Gasteiger partial charge < -0.3 is 14.7 Å². The molecule has 0 amide bonds. The number of ether oxygens (including phenoxy) is 1. The molecular weight excluding hydrogens is 324 g/mol. The van der Waals surface area contributed by atoms with Crippen molar-refractivity contribution in [3.8, 4) is 11.8 Å². The van der Waals surface area contributed by atoms with E-state index in [0.717, 1.165) is 44.6 Å². The van der Waals surface area contributed by atoms with E-state index in [1.165, 1.54) is 0 Å². The standard InChI is InChI=1S/C21H20N4O/c1-12(2)26-19-8-13(3)21-15(6-7-23-21)16(19)10-20-24-17-5-4-14(11-22)9-18(17)25-20/h4-9,12,23H,10H2,1-3H3,(H,24,25). The van der Waals surface area contributed by atoms with Gasteiger partial charge in [0.2, 0.25) is 0 Å². The van der Waals surface area contributed by atoms with E-state index in [1.54, 1.807) is 6.07 Å². The first-order chi connectivity index (χ1) is 12.5. The van der Waals surface area contributed by atoms with E-state index in [-0.39, 0.29) is 6.10 Å². The third-order valence-corrected chi connectivity index (χ3v) is 4.48. The number of nitrogens with one attached hydrogen (secondary N) is 2. The first kappa shape index (κ1) is 16.2. The number of aromatic nitrogens is 3. The molecule has 5 nitrogen and oxygen atoms in total. The Balaban J connectivity index is 1.82. The van der Waals surface area contributed by atoms with Crippen molar-refractivity contribution < 1.29 is 4.74 Å². The zero-order chi connectivity index (χ0) is 18.3. The molecule has 2 aromatic heterocycles. The molecule has 0 radical (unpaired) electrons.